The highest BCUT2D eigenvalue weighted by molar-refractivity contribution is 9.10. The zero-order valence-corrected chi connectivity index (χ0v) is 16.8. The van der Waals surface area contributed by atoms with Crippen molar-refractivity contribution >= 4 is 32.7 Å². The first-order chi connectivity index (χ1) is 12.6. The quantitative estimate of drug-likeness (QED) is 0.551. The summed E-state index contributed by atoms with van der Waals surface area (Å²) in [4.78, 5) is 0. The number of nitrogens with zero attached hydrogens (tertiary/aromatic N) is 3. The average Bonchev–Trinajstić information content (AvgIpc) is 2.95. The van der Waals surface area contributed by atoms with Gasteiger partial charge in [0.05, 0.1) is 21.2 Å². The third-order valence-electron chi connectivity index (χ3n) is 4.04. The van der Waals surface area contributed by atoms with Gasteiger partial charge in [-0.15, -0.1) is 5.10 Å². The lowest BCUT2D eigenvalue weighted by molar-refractivity contribution is -0.138. The van der Waals surface area contributed by atoms with E-state index in [2.05, 4.69) is 52.3 Å². The molecule has 0 amide bonds. The molecule has 0 bridgehead atoms. The maximum absolute atomic E-state index is 13.1. The molecular formula is C19H20BrF3N4. The molecule has 0 saturated heterocycles. The number of fused-ring (bicyclic) bond motifs is 1. The molecule has 3 aromatic rings. The van der Waals surface area contributed by atoms with Crippen LogP contribution in [0.4, 0.5) is 18.9 Å². The van der Waals surface area contributed by atoms with Gasteiger partial charge in [-0.1, -0.05) is 44.2 Å². The first-order valence-corrected chi connectivity index (χ1v) is 9.26. The second kappa shape index (κ2) is 7.14. The Morgan fingerprint density at radius 3 is 2.44 bits per heavy atom. The lowest BCUT2D eigenvalue weighted by Crippen LogP contribution is -2.16. The van der Waals surface area contributed by atoms with Crippen molar-refractivity contribution in [1.82, 2.24) is 15.0 Å². The van der Waals surface area contributed by atoms with Crippen molar-refractivity contribution in [2.45, 2.75) is 40.0 Å². The van der Waals surface area contributed by atoms with E-state index < -0.39 is 11.7 Å². The molecule has 0 radical (unpaired) electrons. The van der Waals surface area contributed by atoms with Gasteiger partial charge >= 0.3 is 6.18 Å². The van der Waals surface area contributed by atoms with Gasteiger partial charge in [0.15, 0.2) is 0 Å². The number of aromatic nitrogens is 3. The van der Waals surface area contributed by atoms with Crippen LogP contribution in [0.15, 0.2) is 40.9 Å². The van der Waals surface area contributed by atoms with Gasteiger partial charge in [0, 0.05) is 13.1 Å². The highest BCUT2D eigenvalue weighted by atomic mass is 79.9. The van der Waals surface area contributed by atoms with Gasteiger partial charge in [-0.25, -0.2) is 4.68 Å². The Bertz CT molecular complexity index is 958. The molecule has 1 aromatic heterocycles. The summed E-state index contributed by atoms with van der Waals surface area (Å²) in [5.41, 5.74) is 1.82. The number of nitrogens with one attached hydrogen (secondary N) is 1. The van der Waals surface area contributed by atoms with Crippen LogP contribution in [0.25, 0.3) is 11.0 Å². The molecule has 144 valence electrons. The normalized spacial score (nSPS) is 12.6. The molecule has 27 heavy (non-hydrogen) atoms. The van der Waals surface area contributed by atoms with Crippen molar-refractivity contribution in [3.8, 4) is 0 Å². The Hall–Kier alpha value is -2.09. The summed E-state index contributed by atoms with van der Waals surface area (Å²) in [5.74, 6) is 0. The fraction of sp³-hybridized carbons (Fsp3) is 0.368. The molecule has 0 aliphatic heterocycles. The number of alkyl halides is 3. The molecule has 0 aliphatic carbocycles. The van der Waals surface area contributed by atoms with Crippen molar-refractivity contribution in [3.05, 3.63) is 52.0 Å². The largest absolute Gasteiger partial charge is 0.416 e. The molecular weight excluding hydrogens is 421 g/mol. The molecule has 1 heterocycles. The van der Waals surface area contributed by atoms with E-state index in [0.717, 1.165) is 11.6 Å². The van der Waals surface area contributed by atoms with Crippen molar-refractivity contribution in [2.75, 3.05) is 5.32 Å². The van der Waals surface area contributed by atoms with E-state index in [1.165, 1.54) is 12.1 Å². The maximum Gasteiger partial charge on any atom is 0.416 e. The molecule has 0 unspecified atom stereocenters. The third kappa shape index (κ3) is 4.43. The second-order valence-corrected chi connectivity index (χ2v) is 8.40. The lowest BCUT2D eigenvalue weighted by atomic mass is 9.97. The first-order valence-electron chi connectivity index (χ1n) is 8.47. The minimum atomic E-state index is -4.38. The predicted octanol–water partition coefficient (Wildman–Crippen LogP) is 5.87. The molecule has 2 aromatic carbocycles. The van der Waals surface area contributed by atoms with Crippen molar-refractivity contribution in [1.29, 1.82) is 0 Å². The van der Waals surface area contributed by atoms with Crippen LogP contribution in [0.1, 0.15) is 31.9 Å². The Kier molecular flexibility index (Phi) is 5.20. The zero-order valence-electron chi connectivity index (χ0n) is 15.2. The third-order valence-corrected chi connectivity index (χ3v) is 4.84. The van der Waals surface area contributed by atoms with Gasteiger partial charge in [0.2, 0.25) is 0 Å². The van der Waals surface area contributed by atoms with E-state index in [0.29, 0.717) is 22.2 Å². The first kappa shape index (κ1) is 19.7. The van der Waals surface area contributed by atoms with E-state index in [1.807, 2.05) is 16.8 Å². The molecule has 0 saturated carbocycles. The highest BCUT2D eigenvalue weighted by Gasteiger charge is 2.32. The van der Waals surface area contributed by atoms with E-state index in [9.17, 15) is 13.2 Å². The standard InChI is InChI=1S/C19H20BrF3N4/c1-18(2,3)11-27-15-9-8-14(16(20)17(15)25-26-27)24-10-12-6-4-5-7-13(12)19(21,22)23/h4-9,24H,10-11H2,1-3H3. The number of benzene rings is 2. The highest BCUT2D eigenvalue weighted by Crippen LogP contribution is 2.34. The second-order valence-electron chi connectivity index (χ2n) is 7.61. The molecule has 0 spiro atoms. The number of halogens is 4. The van der Waals surface area contributed by atoms with Crippen molar-refractivity contribution in [2.24, 2.45) is 5.41 Å². The Morgan fingerprint density at radius 1 is 1.07 bits per heavy atom. The van der Waals surface area contributed by atoms with Crippen LogP contribution in [0.3, 0.4) is 0 Å². The summed E-state index contributed by atoms with van der Waals surface area (Å²) in [6, 6.07) is 9.26. The maximum atomic E-state index is 13.1. The number of hydrogen-bond donors (Lipinski definition) is 1. The van der Waals surface area contributed by atoms with E-state index in [-0.39, 0.29) is 17.5 Å². The Morgan fingerprint density at radius 2 is 1.78 bits per heavy atom. The minimum absolute atomic E-state index is 0.0470. The molecule has 4 nitrogen and oxygen atoms in total. The summed E-state index contributed by atoms with van der Waals surface area (Å²) < 4.78 is 41.9. The Labute approximate surface area is 163 Å². The van der Waals surface area contributed by atoms with Gasteiger partial charge in [-0.2, -0.15) is 13.2 Å². The van der Waals surface area contributed by atoms with Crippen LogP contribution >= 0.6 is 15.9 Å². The van der Waals surface area contributed by atoms with Crippen LogP contribution < -0.4 is 5.32 Å². The summed E-state index contributed by atoms with van der Waals surface area (Å²) in [6.07, 6.45) is -4.38. The zero-order chi connectivity index (χ0) is 19.8. The van der Waals surface area contributed by atoms with E-state index >= 15 is 0 Å². The van der Waals surface area contributed by atoms with Crippen LogP contribution in [0.5, 0.6) is 0 Å². The molecule has 0 aliphatic rings. The number of anilines is 1. The molecule has 0 atom stereocenters. The van der Waals surface area contributed by atoms with Gasteiger partial charge in [-0.05, 0) is 45.1 Å². The van der Waals surface area contributed by atoms with Crippen LogP contribution in [0, 0.1) is 5.41 Å². The van der Waals surface area contributed by atoms with Crippen molar-refractivity contribution in [3.63, 3.8) is 0 Å². The van der Waals surface area contributed by atoms with Gasteiger partial charge in [0.1, 0.15) is 5.52 Å². The molecule has 0 fully saturated rings. The molecule has 8 heteroatoms. The van der Waals surface area contributed by atoms with Crippen molar-refractivity contribution < 1.29 is 13.2 Å². The summed E-state index contributed by atoms with van der Waals surface area (Å²) in [7, 11) is 0. The van der Waals surface area contributed by atoms with Gasteiger partial charge < -0.3 is 5.32 Å². The van der Waals surface area contributed by atoms with Crippen LogP contribution in [-0.4, -0.2) is 15.0 Å². The van der Waals surface area contributed by atoms with Gasteiger partial charge in [-0.3, -0.25) is 0 Å². The lowest BCUT2D eigenvalue weighted by Gasteiger charge is -2.18. The number of rotatable bonds is 4. The smallest absolute Gasteiger partial charge is 0.380 e. The molecule has 1 N–H and O–H groups in total. The van der Waals surface area contributed by atoms with Gasteiger partial charge in [0.25, 0.3) is 0 Å². The fourth-order valence-electron chi connectivity index (χ4n) is 2.85. The topological polar surface area (TPSA) is 42.7 Å². The average molecular weight is 441 g/mol. The molecule has 3 rings (SSSR count). The van der Waals surface area contributed by atoms with E-state index in [4.69, 9.17) is 0 Å². The summed E-state index contributed by atoms with van der Waals surface area (Å²) >= 11 is 3.51. The predicted molar refractivity (Wildman–Crippen MR) is 103 cm³/mol. The fourth-order valence-corrected chi connectivity index (χ4v) is 3.40. The monoisotopic (exact) mass is 440 g/mol. The van der Waals surface area contributed by atoms with Crippen LogP contribution in [-0.2, 0) is 19.3 Å². The SMILES string of the molecule is CC(C)(C)Cn1nnc2c(Br)c(NCc3ccccc3C(F)(F)F)ccc21. The minimum Gasteiger partial charge on any atom is -0.380 e. The summed E-state index contributed by atoms with van der Waals surface area (Å²) in [6.45, 7) is 7.11. The van der Waals surface area contributed by atoms with Crippen LogP contribution in [0.2, 0.25) is 0 Å². The Balaban J connectivity index is 1.86. The summed E-state index contributed by atoms with van der Waals surface area (Å²) in [5, 5.41) is 11.5. The van der Waals surface area contributed by atoms with E-state index in [1.54, 1.807) is 6.07 Å². The number of hydrogen-bond acceptors (Lipinski definition) is 3.